The van der Waals surface area contributed by atoms with Gasteiger partial charge in [0.15, 0.2) is 0 Å². The van der Waals surface area contributed by atoms with E-state index >= 15 is 0 Å². The van der Waals surface area contributed by atoms with E-state index in [-0.39, 0.29) is 17.7 Å². The average Bonchev–Trinajstić information content (AvgIpc) is 2.72. The van der Waals surface area contributed by atoms with Crippen LogP contribution in [-0.4, -0.2) is 36.1 Å². The molecule has 1 aliphatic heterocycles. The summed E-state index contributed by atoms with van der Waals surface area (Å²) in [7, 11) is 0. The molecule has 0 N–H and O–H groups in total. The number of halogens is 2. The summed E-state index contributed by atoms with van der Waals surface area (Å²) in [6.07, 6.45) is 1.81. The molecule has 4 rings (SSSR count). The number of nitrogens with zero attached hydrogens (tertiary/aromatic N) is 3. The highest BCUT2D eigenvalue weighted by molar-refractivity contribution is 5.39. The van der Waals surface area contributed by atoms with Gasteiger partial charge in [-0.25, -0.2) is 13.8 Å². The second-order valence-electron chi connectivity index (χ2n) is 6.72. The highest BCUT2D eigenvalue weighted by Gasteiger charge is 2.27. The molecule has 5 heteroatoms. The number of piperazine rings is 1. The molecule has 0 radical (unpaired) electrons. The first-order valence-electron chi connectivity index (χ1n) is 9.12. The van der Waals surface area contributed by atoms with Gasteiger partial charge in [-0.1, -0.05) is 30.3 Å². The van der Waals surface area contributed by atoms with Gasteiger partial charge >= 0.3 is 0 Å². The Morgan fingerprint density at radius 1 is 0.704 bits per heavy atom. The average molecular weight is 365 g/mol. The summed E-state index contributed by atoms with van der Waals surface area (Å²) < 4.78 is 26.8. The summed E-state index contributed by atoms with van der Waals surface area (Å²) in [6.45, 7) is 3.40. The van der Waals surface area contributed by atoms with E-state index < -0.39 is 0 Å². The van der Waals surface area contributed by atoms with Crippen LogP contribution in [0.15, 0.2) is 72.9 Å². The Balaban J connectivity index is 1.58. The van der Waals surface area contributed by atoms with Gasteiger partial charge in [-0.05, 0) is 47.5 Å². The maximum atomic E-state index is 13.4. The summed E-state index contributed by atoms with van der Waals surface area (Å²) in [5, 5.41) is 0. The third-order valence-corrected chi connectivity index (χ3v) is 5.02. The zero-order valence-electron chi connectivity index (χ0n) is 14.9. The SMILES string of the molecule is Fc1ccc(C(c2ccc(F)cc2)N2CCN(c3ccccn3)CC2)cc1. The van der Waals surface area contributed by atoms with Crippen LogP contribution in [0.1, 0.15) is 17.2 Å². The second kappa shape index (κ2) is 7.84. The molecule has 0 amide bonds. The summed E-state index contributed by atoms with van der Waals surface area (Å²) in [6, 6.07) is 19.1. The first-order valence-corrected chi connectivity index (χ1v) is 9.12. The Labute approximate surface area is 157 Å². The molecule has 2 heterocycles. The fraction of sp³-hybridized carbons (Fsp3) is 0.227. The Kier molecular flexibility index (Phi) is 5.12. The zero-order chi connectivity index (χ0) is 18.6. The highest BCUT2D eigenvalue weighted by Crippen LogP contribution is 2.30. The van der Waals surface area contributed by atoms with Crippen molar-refractivity contribution in [1.82, 2.24) is 9.88 Å². The molecule has 0 atom stereocenters. The maximum Gasteiger partial charge on any atom is 0.128 e. The minimum absolute atomic E-state index is 0.0305. The van der Waals surface area contributed by atoms with E-state index in [4.69, 9.17) is 0 Å². The monoisotopic (exact) mass is 365 g/mol. The van der Waals surface area contributed by atoms with E-state index in [1.165, 1.54) is 24.3 Å². The Bertz CT molecular complexity index is 813. The van der Waals surface area contributed by atoms with Crippen LogP contribution in [0.2, 0.25) is 0 Å². The molecule has 2 aromatic carbocycles. The molecule has 0 bridgehead atoms. The molecule has 0 aliphatic carbocycles. The van der Waals surface area contributed by atoms with Gasteiger partial charge in [-0.15, -0.1) is 0 Å². The van der Waals surface area contributed by atoms with Crippen molar-refractivity contribution in [3.8, 4) is 0 Å². The van der Waals surface area contributed by atoms with Crippen molar-refractivity contribution < 1.29 is 8.78 Å². The Morgan fingerprint density at radius 3 is 1.74 bits per heavy atom. The lowest BCUT2D eigenvalue weighted by Gasteiger charge is -2.40. The zero-order valence-corrected chi connectivity index (χ0v) is 14.9. The van der Waals surface area contributed by atoms with E-state index in [9.17, 15) is 8.78 Å². The molecule has 1 aromatic heterocycles. The minimum atomic E-state index is -0.253. The van der Waals surface area contributed by atoms with Gasteiger partial charge < -0.3 is 4.90 Å². The molecule has 0 spiro atoms. The van der Waals surface area contributed by atoms with Gasteiger partial charge in [-0.3, -0.25) is 4.90 Å². The maximum absolute atomic E-state index is 13.4. The number of rotatable bonds is 4. The number of benzene rings is 2. The van der Waals surface area contributed by atoms with Gasteiger partial charge in [0.2, 0.25) is 0 Å². The lowest BCUT2D eigenvalue weighted by Crippen LogP contribution is -2.48. The molecule has 0 unspecified atom stereocenters. The van der Waals surface area contributed by atoms with Gasteiger partial charge in [0.05, 0.1) is 6.04 Å². The summed E-state index contributed by atoms with van der Waals surface area (Å²) >= 11 is 0. The van der Waals surface area contributed by atoms with Crippen LogP contribution in [0.5, 0.6) is 0 Å². The Morgan fingerprint density at radius 2 is 1.26 bits per heavy atom. The lowest BCUT2D eigenvalue weighted by molar-refractivity contribution is 0.212. The standard InChI is InChI=1S/C22H21F2N3/c23-19-8-4-17(5-9-19)22(18-6-10-20(24)11-7-18)27-15-13-26(14-16-27)21-3-1-2-12-25-21/h1-12,22H,13-16H2. The molecule has 0 saturated carbocycles. The number of anilines is 1. The van der Waals surface area contributed by atoms with E-state index in [1.807, 2.05) is 48.7 Å². The van der Waals surface area contributed by atoms with Crippen molar-refractivity contribution in [3.05, 3.63) is 95.7 Å². The van der Waals surface area contributed by atoms with Crippen LogP contribution in [0, 0.1) is 11.6 Å². The third kappa shape index (κ3) is 3.98. The quantitative estimate of drug-likeness (QED) is 0.688. The number of hydrogen-bond acceptors (Lipinski definition) is 3. The fourth-order valence-corrected chi connectivity index (χ4v) is 3.65. The van der Waals surface area contributed by atoms with Crippen LogP contribution in [-0.2, 0) is 0 Å². The van der Waals surface area contributed by atoms with E-state index in [0.29, 0.717) is 0 Å². The van der Waals surface area contributed by atoms with Crippen LogP contribution in [0.25, 0.3) is 0 Å². The Hall–Kier alpha value is -2.79. The number of aromatic nitrogens is 1. The molecular weight excluding hydrogens is 344 g/mol. The predicted molar refractivity (Wildman–Crippen MR) is 103 cm³/mol. The van der Waals surface area contributed by atoms with Crippen molar-refractivity contribution in [2.24, 2.45) is 0 Å². The second-order valence-corrected chi connectivity index (χ2v) is 6.72. The van der Waals surface area contributed by atoms with Crippen LogP contribution < -0.4 is 4.90 Å². The molecule has 27 heavy (non-hydrogen) atoms. The number of hydrogen-bond donors (Lipinski definition) is 0. The van der Waals surface area contributed by atoms with Gasteiger partial charge in [-0.2, -0.15) is 0 Å². The van der Waals surface area contributed by atoms with Crippen molar-refractivity contribution in [1.29, 1.82) is 0 Å². The molecule has 1 saturated heterocycles. The van der Waals surface area contributed by atoms with Crippen LogP contribution in [0.3, 0.4) is 0 Å². The third-order valence-electron chi connectivity index (χ3n) is 5.02. The first kappa shape index (κ1) is 17.6. The van der Waals surface area contributed by atoms with Gasteiger partial charge in [0.1, 0.15) is 17.5 Å². The minimum Gasteiger partial charge on any atom is -0.354 e. The fourth-order valence-electron chi connectivity index (χ4n) is 3.65. The van der Waals surface area contributed by atoms with Gasteiger partial charge in [0, 0.05) is 32.4 Å². The summed E-state index contributed by atoms with van der Waals surface area (Å²) in [5.74, 6) is 0.477. The summed E-state index contributed by atoms with van der Waals surface area (Å²) in [4.78, 5) is 9.06. The smallest absolute Gasteiger partial charge is 0.128 e. The molecule has 3 nitrogen and oxygen atoms in total. The van der Waals surface area contributed by atoms with E-state index in [0.717, 1.165) is 43.1 Å². The topological polar surface area (TPSA) is 19.4 Å². The van der Waals surface area contributed by atoms with Crippen molar-refractivity contribution in [3.63, 3.8) is 0 Å². The van der Waals surface area contributed by atoms with Crippen molar-refractivity contribution >= 4 is 5.82 Å². The molecule has 1 fully saturated rings. The lowest BCUT2D eigenvalue weighted by atomic mass is 9.96. The summed E-state index contributed by atoms with van der Waals surface area (Å²) in [5.41, 5.74) is 2.02. The molecular formula is C22H21F2N3. The van der Waals surface area contributed by atoms with Crippen LogP contribution in [0.4, 0.5) is 14.6 Å². The molecule has 1 aliphatic rings. The highest BCUT2D eigenvalue weighted by atomic mass is 19.1. The van der Waals surface area contributed by atoms with Gasteiger partial charge in [0.25, 0.3) is 0 Å². The van der Waals surface area contributed by atoms with Crippen molar-refractivity contribution in [2.75, 3.05) is 31.1 Å². The predicted octanol–water partition coefficient (Wildman–Crippen LogP) is 4.27. The molecule has 138 valence electrons. The van der Waals surface area contributed by atoms with Crippen LogP contribution >= 0.6 is 0 Å². The number of pyridine rings is 1. The van der Waals surface area contributed by atoms with E-state index in [1.54, 1.807) is 0 Å². The first-order chi connectivity index (χ1) is 13.2. The largest absolute Gasteiger partial charge is 0.354 e. The molecule has 3 aromatic rings. The van der Waals surface area contributed by atoms with E-state index in [2.05, 4.69) is 14.8 Å². The van der Waals surface area contributed by atoms with Crippen molar-refractivity contribution in [2.45, 2.75) is 6.04 Å². The normalized spacial score (nSPS) is 15.3.